The number of pyridine rings is 1. The van der Waals surface area contributed by atoms with E-state index in [-0.39, 0.29) is 18.3 Å². The summed E-state index contributed by atoms with van der Waals surface area (Å²) >= 11 is 0. The molecule has 0 aliphatic heterocycles. The Morgan fingerprint density at radius 2 is 1.97 bits per heavy atom. The summed E-state index contributed by atoms with van der Waals surface area (Å²) in [6, 6.07) is 8.18. The first-order chi connectivity index (χ1) is 13.8. The van der Waals surface area contributed by atoms with Crippen LogP contribution in [-0.4, -0.2) is 37.4 Å². The van der Waals surface area contributed by atoms with Crippen molar-refractivity contribution in [2.24, 2.45) is 0 Å². The van der Waals surface area contributed by atoms with Gasteiger partial charge in [-0.2, -0.15) is 13.2 Å². The largest absolute Gasteiger partial charge is 0.493 e. The number of ether oxygens (including phenoxy) is 3. The minimum absolute atomic E-state index is 0.112. The Balaban J connectivity index is 1.91. The molecule has 1 heterocycles. The maximum absolute atomic E-state index is 12.2. The summed E-state index contributed by atoms with van der Waals surface area (Å²) in [4.78, 5) is 15.7. The summed E-state index contributed by atoms with van der Waals surface area (Å²) in [5, 5.41) is 2.64. The molecule has 0 aliphatic carbocycles. The van der Waals surface area contributed by atoms with Crippen LogP contribution in [-0.2, 0) is 11.3 Å². The summed E-state index contributed by atoms with van der Waals surface area (Å²) in [5.74, 6) is 0.633. The molecule has 0 spiro atoms. The van der Waals surface area contributed by atoms with Gasteiger partial charge in [-0.3, -0.25) is 4.79 Å². The third-order valence-electron chi connectivity index (χ3n) is 3.56. The molecule has 0 atom stereocenters. The second-order valence-corrected chi connectivity index (χ2v) is 5.80. The topological polar surface area (TPSA) is 69.7 Å². The van der Waals surface area contributed by atoms with Gasteiger partial charge in [0.05, 0.1) is 13.7 Å². The fourth-order valence-electron chi connectivity index (χ4n) is 2.28. The van der Waals surface area contributed by atoms with Crippen LogP contribution in [0.15, 0.2) is 42.6 Å². The highest BCUT2D eigenvalue weighted by Gasteiger charge is 2.28. The molecule has 1 N–H and O–H groups in total. The maximum Gasteiger partial charge on any atom is 0.422 e. The lowest BCUT2D eigenvalue weighted by Gasteiger charge is -2.10. The van der Waals surface area contributed by atoms with Crippen molar-refractivity contribution in [2.45, 2.75) is 19.6 Å². The Labute approximate surface area is 166 Å². The van der Waals surface area contributed by atoms with Crippen LogP contribution >= 0.6 is 0 Å². The number of nitrogens with one attached hydrogen (secondary N) is 1. The van der Waals surface area contributed by atoms with Gasteiger partial charge >= 0.3 is 6.18 Å². The molecular weight excluding hydrogens is 389 g/mol. The molecule has 9 heteroatoms. The number of nitrogens with zero attached hydrogens (tertiary/aromatic N) is 1. The van der Waals surface area contributed by atoms with Crippen LogP contribution < -0.4 is 19.5 Å². The number of hydrogen-bond donors (Lipinski definition) is 1. The third kappa shape index (κ3) is 7.73. The maximum atomic E-state index is 12.2. The van der Waals surface area contributed by atoms with E-state index in [1.807, 2.05) is 6.92 Å². The van der Waals surface area contributed by atoms with Crippen LogP contribution in [0, 0.1) is 0 Å². The summed E-state index contributed by atoms with van der Waals surface area (Å²) < 4.78 is 51.9. The van der Waals surface area contributed by atoms with Crippen LogP contribution in [0.2, 0.25) is 0 Å². The number of benzene rings is 1. The highest BCUT2D eigenvalue weighted by atomic mass is 19.4. The van der Waals surface area contributed by atoms with E-state index < -0.39 is 12.8 Å². The van der Waals surface area contributed by atoms with E-state index in [9.17, 15) is 18.0 Å². The van der Waals surface area contributed by atoms with Gasteiger partial charge < -0.3 is 19.5 Å². The number of rotatable bonds is 9. The van der Waals surface area contributed by atoms with Crippen molar-refractivity contribution < 1.29 is 32.2 Å². The van der Waals surface area contributed by atoms with Gasteiger partial charge in [0.25, 0.3) is 0 Å². The molecule has 2 aromatic rings. The Morgan fingerprint density at radius 3 is 2.66 bits per heavy atom. The van der Waals surface area contributed by atoms with Crippen LogP contribution in [0.4, 0.5) is 13.2 Å². The molecule has 6 nitrogen and oxygen atoms in total. The molecule has 156 valence electrons. The Hall–Kier alpha value is -3.23. The van der Waals surface area contributed by atoms with Gasteiger partial charge in [-0.25, -0.2) is 4.98 Å². The lowest BCUT2D eigenvalue weighted by atomic mass is 10.2. The fraction of sp³-hybridized carbons (Fsp3) is 0.300. The molecule has 29 heavy (non-hydrogen) atoms. The molecule has 0 saturated carbocycles. The monoisotopic (exact) mass is 410 g/mol. The molecule has 0 bridgehead atoms. The second kappa shape index (κ2) is 10.4. The van der Waals surface area contributed by atoms with Gasteiger partial charge in [-0.05, 0) is 42.3 Å². The van der Waals surface area contributed by atoms with Crippen LogP contribution in [0.3, 0.4) is 0 Å². The first-order valence-electron chi connectivity index (χ1n) is 8.72. The number of halogens is 3. The normalized spacial score (nSPS) is 11.3. The van der Waals surface area contributed by atoms with Gasteiger partial charge in [0.1, 0.15) is 0 Å². The van der Waals surface area contributed by atoms with Crippen molar-refractivity contribution in [3.05, 3.63) is 53.7 Å². The van der Waals surface area contributed by atoms with Gasteiger partial charge in [0.15, 0.2) is 18.1 Å². The van der Waals surface area contributed by atoms with Gasteiger partial charge in [-0.1, -0.05) is 6.07 Å². The summed E-state index contributed by atoms with van der Waals surface area (Å²) in [6.45, 7) is 1.06. The molecule has 0 aliphatic rings. The van der Waals surface area contributed by atoms with Crippen LogP contribution in [0.25, 0.3) is 6.08 Å². The van der Waals surface area contributed by atoms with E-state index in [4.69, 9.17) is 9.47 Å². The van der Waals surface area contributed by atoms with Crippen molar-refractivity contribution in [1.29, 1.82) is 0 Å². The summed E-state index contributed by atoms with van der Waals surface area (Å²) in [6.07, 6.45) is -0.176. The molecule has 1 amide bonds. The van der Waals surface area contributed by atoms with Gasteiger partial charge in [-0.15, -0.1) is 0 Å². The molecule has 0 radical (unpaired) electrons. The summed E-state index contributed by atoms with van der Waals surface area (Å²) in [7, 11) is 1.53. The van der Waals surface area contributed by atoms with E-state index in [0.717, 1.165) is 5.56 Å². The first-order valence-corrected chi connectivity index (χ1v) is 8.72. The van der Waals surface area contributed by atoms with E-state index in [1.165, 1.54) is 25.4 Å². The molecular formula is C20H21F3N2O4. The SMILES string of the molecule is CCOc1ccc(/C=C/C(=O)NCc2ccnc(OCC(F)(F)F)c2)cc1OC. The third-order valence-corrected chi connectivity index (χ3v) is 3.56. The molecule has 1 aromatic heterocycles. The molecule has 2 rings (SSSR count). The predicted molar refractivity (Wildman–Crippen MR) is 101 cm³/mol. The first kappa shape index (κ1) is 22.1. The molecule has 0 saturated heterocycles. The minimum atomic E-state index is -4.44. The average Bonchev–Trinajstić information content (AvgIpc) is 2.70. The van der Waals surface area contributed by atoms with Gasteiger partial charge in [0.2, 0.25) is 11.8 Å². The highest BCUT2D eigenvalue weighted by molar-refractivity contribution is 5.91. The number of aromatic nitrogens is 1. The van der Waals surface area contributed by atoms with E-state index in [2.05, 4.69) is 15.0 Å². The minimum Gasteiger partial charge on any atom is -0.493 e. The second-order valence-electron chi connectivity index (χ2n) is 5.80. The van der Waals surface area contributed by atoms with Crippen molar-refractivity contribution in [3.8, 4) is 17.4 Å². The number of methoxy groups -OCH3 is 1. The van der Waals surface area contributed by atoms with Crippen LogP contribution in [0.5, 0.6) is 17.4 Å². The smallest absolute Gasteiger partial charge is 0.422 e. The Kier molecular flexibility index (Phi) is 7.88. The van der Waals surface area contributed by atoms with E-state index in [1.54, 1.807) is 30.3 Å². The zero-order valence-corrected chi connectivity index (χ0v) is 16.0. The predicted octanol–water partition coefficient (Wildman–Crippen LogP) is 3.76. The Bertz CT molecular complexity index is 854. The summed E-state index contributed by atoms with van der Waals surface area (Å²) in [5.41, 5.74) is 1.30. The standard InChI is InChI=1S/C20H21F3N2O4/c1-3-28-16-6-4-14(10-17(16)27-2)5-7-18(26)25-12-15-8-9-24-19(11-15)29-13-20(21,22)23/h4-11H,3,12-13H2,1-2H3,(H,25,26)/b7-5+. The van der Waals surface area contributed by atoms with E-state index in [0.29, 0.717) is 23.7 Å². The lowest BCUT2D eigenvalue weighted by Crippen LogP contribution is -2.21. The average molecular weight is 410 g/mol. The highest BCUT2D eigenvalue weighted by Crippen LogP contribution is 2.28. The zero-order chi connectivity index (χ0) is 21.3. The van der Waals surface area contributed by atoms with Crippen LogP contribution in [0.1, 0.15) is 18.1 Å². The molecule has 0 fully saturated rings. The Morgan fingerprint density at radius 1 is 1.17 bits per heavy atom. The van der Waals surface area contributed by atoms with Crippen molar-refractivity contribution in [2.75, 3.05) is 20.3 Å². The fourth-order valence-corrected chi connectivity index (χ4v) is 2.28. The lowest BCUT2D eigenvalue weighted by molar-refractivity contribution is -0.154. The zero-order valence-electron chi connectivity index (χ0n) is 16.0. The van der Waals surface area contributed by atoms with Crippen molar-refractivity contribution in [1.82, 2.24) is 10.3 Å². The number of carbonyl (C=O) groups is 1. The molecule has 1 aromatic carbocycles. The van der Waals surface area contributed by atoms with Crippen molar-refractivity contribution >= 4 is 12.0 Å². The number of amides is 1. The quantitative estimate of drug-likeness (QED) is 0.638. The number of carbonyl (C=O) groups excluding carboxylic acids is 1. The van der Waals surface area contributed by atoms with Crippen molar-refractivity contribution in [3.63, 3.8) is 0 Å². The van der Waals surface area contributed by atoms with Gasteiger partial charge in [0, 0.05) is 24.9 Å². The van der Waals surface area contributed by atoms with E-state index >= 15 is 0 Å². The number of alkyl halides is 3. The number of hydrogen-bond acceptors (Lipinski definition) is 5. The molecule has 0 unspecified atom stereocenters.